The summed E-state index contributed by atoms with van der Waals surface area (Å²) < 4.78 is 5.20. The molecule has 1 N–H and O–H groups in total. The van der Waals surface area contributed by atoms with Gasteiger partial charge in [-0.05, 0) is 30.7 Å². The monoisotopic (exact) mass is 310 g/mol. The van der Waals surface area contributed by atoms with Crippen LogP contribution in [0.25, 0.3) is 0 Å². The highest BCUT2D eigenvalue weighted by atomic mass is 35.5. The topological polar surface area (TPSA) is 51.2 Å². The maximum Gasteiger partial charge on any atom is 0.257 e. The van der Waals surface area contributed by atoms with Gasteiger partial charge in [-0.1, -0.05) is 23.2 Å². The van der Waals surface area contributed by atoms with Crippen LogP contribution in [-0.4, -0.2) is 18.0 Å². The van der Waals surface area contributed by atoms with Crippen LogP contribution in [0.1, 0.15) is 15.9 Å². The Balaban J connectivity index is 2.27. The van der Waals surface area contributed by atoms with Crippen molar-refractivity contribution in [3.63, 3.8) is 0 Å². The number of nitrogens with zero attached hydrogens (tertiary/aromatic N) is 1. The third-order valence-corrected chi connectivity index (χ3v) is 3.35. The number of rotatable bonds is 3. The van der Waals surface area contributed by atoms with Crippen molar-refractivity contribution in [2.24, 2.45) is 0 Å². The predicted octanol–water partition coefficient (Wildman–Crippen LogP) is 3.96. The minimum Gasteiger partial charge on any atom is -0.495 e. The second-order valence-corrected chi connectivity index (χ2v) is 4.92. The number of ether oxygens (including phenoxy) is 1. The predicted molar refractivity (Wildman–Crippen MR) is 79.9 cm³/mol. The van der Waals surface area contributed by atoms with E-state index in [1.807, 2.05) is 6.92 Å². The van der Waals surface area contributed by atoms with Gasteiger partial charge in [0.2, 0.25) is 0 Å². The largest absolute Gasteiger partial charge is 0.495 e. The van der Waals surface area contributed by atoms with E-state index >= 15 is 0 Å². The molecule has 0 saturated heterocycles. The van der Waals surface area contributed by atoms with Crippen LogP contribution in [0.3, 0.4) is 0 Å². The van der Waals surface area contributed by atoms with E-state index in [1.54, 1.807) is 24.3 Å². The molecule has 2 rings (SSSR count). The maximum atomic E-state index is 12.1. The van der Waals surface area contributed by atoms with E-state index in [9.17, 15) is 4.79 Å². The number of methoxy groups -OCH3 is 1. The van der Waals surface area contributed by atoms with Crippen molar-refractivity contribution < 1.29 is 9.53 Å². The quantitative estimate of drug-likeness (QED) is 0.873. The minimum atomic E-state index is -0.297. The molecule has 2 aromatic rings. The second-order valence-electron chi connectivity index (χ2n) is 4.13. The van der Waals surface area contributed by atoms with E-state index in [4.69, 9.17) is 27.9 Å². The molecule has 0 aliphatic carbocycles. The number of hydrogen-bond acceptors (Lipinski definition) is 3. The van der Waals surface area contributed by atoms with E-state index in [1.165, 1.54) is 13.3 Å². The Bertz CT molecular complexity index is 642. The summed E-state index contributed by atoms with van der Waals surface area (Å²) in [6, 6.07) is 6.57. The van der Waals surface area contributed by atoms with Crippen molar-refractivity contribution in [3.8, 4) is 5.75 Å². The van der Waals surface area contributed by atoms with Crippen molar-refractivity contribution in [1.29, 1.82) is 0 Å². The first kappa shape index (κ1) is 14.6. The lowest BCUT2D eigenvalue weighted by molar-refractivity contribution is 0.102. The van der Waals surface area contributed by atoms with Crippen LogP contribution in [0.15, 0.2) is 30.5 Å². The zero-order chi connectivity index (χ0) is 14.7. The number of anilines is 1. The molecule has 0 atom stereocenters. The van der Waals surface area contributed by atoms with Gasteiger partial charge in [-0.3, -0.25) is 4.79 Å². The molecule has 0 spiro atoms. The number of benzene rings is 1. The van der Waals surface area contributed by atoms with Gasteiger partial charge in [-0.2, -0.15) is 0 Å². The van der Waals surface area contributed by atoms with Gasteiger partial charge in [-0.15, -0.1) is 0 Å². The molecule has 0 aliphatic rings. The fraction of sp³-hybridized carbons (Fsp3) is 0.143. The van der Waals surface area contributed by atoms with Gasteiger partial charge in [-0.25, -0.2) is 4.98 Å². The molecule has 0 saturated carbocycles. The van der Waals surface area contributed by atoms with Gasteiger partial charge in [0.05, 0.1) is 18.4 Å². The Labute approximate surface area is 126 Å². The van der Waals surface area contributed by atoms with Crippen LogP contribution in [0.4, 0.5) is 5.69 Å². The molecule has 1 amide bonds. The average molecular weight is 311 g/mol. The first-order chi connectivity index (χ1) is 9.51. The molecule has 0 fully saturated rings. The van der Waals surface area contributed by atoms with Gasteiger partial charge in [0.15, 0.2) is 0 Å². The SMILES string of the molecule is COc1cc(Cl)c(C)cc1NC(=O)c1ccc(Cl)nc1. The van der Waals surface area contributed by atoms with E-state index < -0.39 is 0 Å². The lowest BCUT2D eigenvalue weighted by atomic mass is 10.2. The maximum absolute atomic E-state index is 12.1. The van der Waals surface area contributed by atoms with E-state index in [0.717, 1.165) is 5.56 Å². The van der Waals surface area contributed by atoms with Crippen molar-refractivity contribution in [1.82, 2.24) is 4.98 Å². The van der Waals surface area contributed by atoms with Crippen LogP contribution in [0, 0.1) is 6.92 Å². The summed E-state index contributed by atoms with van der Waals surface area (Å²) >= 11 is 11.7. The molecule has 104 valence electrons. The second kappa shape index (κ2) is 6.11. The number of halogens is 2. The third kappa shape index (κ3) is 3.21. The molecule has 0 radical (unpaired) electrons. The number of amides is 1. The zero-order valence-corrected chi connectivity index (χ0v) is 12.4. The molecule has 1 aromatic carbocycles. The van der Waals surface area contributed by atoms with E-state index in [0.29, 0.717) is 27.2 Å². The molecule has 0 aliphatic heterocycles. The zero-order valence-electron chi connectivity index (χ0n) is 10.9. The molecule has 1 heterocycles. The van der Waals surface area contributed by atoms with Crippen LogP contribution < -0.4 is 10.1 Å². The van der Waals surface area contributed by atoms with Gasteiger partial charge in [0, 0.05) is 17.3 Å². The number of nitrogens with one attached hydrogen (secondary N) is 1. The van der Waals surface area contributed by atoms with E-state index in [2.05, 4.69) is 10.3 Å². The third-order valence-electron chi connectivity index (χ3n) is 2.72. The standard InChI is InChI=1S/C14H12Cl2N2O2/c1-8-5-11(12(20-2)6-10(8)15)18-14(19)9-3-4-13(16)17-7-9/h3-7H,1-2H3,(H,18,19). The van der Waals surface area contributed by atoms with Crippen LogP contribution in [-0.2, 0) is 0 Å². The van der Waals surface area contributed by atoms with Gasteiger partial charge in [0.25, 0.3) is 5.91 Å². The number of aryl methyl sites for hydroxylation is 1. The number of hydrogen-bond donors (Lipinski definition) is 1. The molecular formula is C14H12Cl2N2O2. The Morgan fingerprint density at radius 1 is 1.30 bits per heavy atom. The molecule has 4 nitrogen and oxygen atoms in total. The highest BCUT2D eigenvalue weighted by Gasteiger charge is 2.12. The smallest absolute Gasteiger partial charge is 0.257 e. The van der Waals surface area contributed by atoms with Crippen LogP contribution >= 0.6 is 23.2 Å². The van der Waals surface area contributed by atoms with Crippen molar-refractivity contribution in [2.45, 2.75) is 6.92 Å². The van der Waals surface area contributed by atoms with E-state index in [-0.39, 0.29) is 5.91 Å². The first-order valence-corrected chi connectivity index (χ1v) is 6.54. The van der Waals surface area contributed by atoms with Crippen molar-refractivity contribution in [2.75, 3.05) is 12.4 Å². The number of carbonyl (C=O) groups excluding carboxylic acids is 1. The highest BCUT2D eigenvalue weighted by molar-refractivity contribution is 6.31. The summed E-state index contributed by atoms with van der Waals surface area (Å²) in [6.07, 6.45) is 1.41. The number of pyridine rings is 1. The van der Waals surface area contributed by atoms with Crippen LogP contribution in [0.2, 0.25) is 10.2 Å². The number of carbonyl (C=O) groups is 1. The normalized spacial score (nSPS) is 10.2. The average Bonchev–Trinajstić information content (AvgIpc) is 2.43. The summed E-state index contributed by atoms with van der Waals surface area (Å²) in [5.41, 5.74) is 1.80. The lowest BCUT2D eigenvalue weighted by Crippen LogP contribution is -2.13. The highest BCUT2D eigenvalue weighted by Crippen LogP contribution is 2.31. The van der Waals surface area contributed by atoms with Gasteiger partial charge >= 0.3 is 0 Å². The fourth-order valence-corrected chi connectivity index (χ4v) is 1.90. The molecule has 6 heteroatoms. The molecular weight excluding hydrogens is 299 g/mol. The molecule has 1 aromatic heterocycles. The van der Waals surface area contributed by atoms with Gasteiger partial charge in [0.1, 0.15) is 10.9 Å². The Morgan fingerprint density at radius 2 is 2.05 bits per heavy atom. The summed E-state index contributed by atoms with van der Waals surface area (Å²) in [5, 5.41) is 3.67. The summed E-state index contributed by atoms with van der Waals surface area (Å²) in [4.78, 5) is 16.0. The minimum absolute atomic E-state index is 0.297. The molecule has 0 unspecified atom stereocenters. The molecule has 20 heavy (non-hydrogen) atoms. The van der Waals surface area contributed by atoms with Crippen molar-refractivity contribution in [3.05, 3.63) is 51.8 Å². The summed E-state index contributed by atoms with van der Waals surface area (Å²) in [7, 11) is 1.51. The summed E-state index contributed by atoms with van der Waals surface area (Å²) in [5.74, 6) is 0.199. The lowest BCUT2D eigenvalue weighted by Gasteiger charge is -2.12. The first-order valence-electron chi connectivity index (χ1n) is 5.78. The Kier molecular flexibility index (Phi) is 4.47. The van der Waals surface area contributed by atoms with Crippen molar-refractivity contribution >= 4 is 34.8 Å². The Morgan fingerprint density at radius 3 is 2.65 bits per heavy atom. The van der Waals surface area contributed by atoms with Gasteiger partial charge < -0.3 is 10.1 Å². The Hall–Kier alpha value is -1.78. The number of aromatic nitrogens is 1. The molecule has 0 bridgehead atoms. The fourth-order valence-electron chi connectivity index (χ4n) is 1.63. The summed E-state index contributed by atoms with van der Waals surface area (Å²) in [6.45, 7) is 1.85. The van der Waals surface area contributed by atoms with Crippen LogP contribution in [0.5, 0.6) is 5.75 Å².